The molecule has 3 rings (SSSR count). The van der Waals surface area contributed by atoms with Crippen molar-refractivity contribution in [1.82, 2.24) is 15.5 Å². The van der Waals surface area contributed by atoms with Crippen molar-refractivity contribution in [3.8, 4) is 0 Å². The minimum atomic E-state index is 0. The Morgan fingerprint density at radius 2 is 2.30 bits per heavy atom. The van der Waals surface area contributed by atoms with Crippen LogP contribution in [-0.4, -0.2) is 42.4 Å². The molecule has 0 bridgehead atoms. The van der Waals surface area contributed by atoms with Gasteiger partial charge >= 0.3 is 0 Å². The summed E-state index contributed by atoms with van der Waals surface area (Å²) in [6.07, 6.45) is 3.93. The van der Waals surface area contributed by atoms with Crippen molar-refractivity contribution in [2.75, 3.05) is 19.6 Å². The van der Waals surface area contributed by atoms with Gasteiger partial charge in [0.05, 0.1) is 6.54 Å². The molecule has 2 heterocycles. The highest BCUT2D eigenvalue weighted by Gasteiger charge is 2.23. The van der Waals surface area contributed by atoms with Crippen molar-refractivity contribution in [3.63, 3.8) is 0 Å². The lowest BCUT2D eigenvalue weighted by Gasteiger charge is -2.26. The van der Waals surface area contributed by atoms with E-state index in [0.717, 1.165) is 32.0 Å². The fraction of sp³-hybridized carbons (Fsp3) is 0.625. The van der Waals surface area contributed by atoms with E-state index in [1.54, 1.807) is 11.3 Å². The lowest BCUT2D eigenvalue weighted by molar-refractivity contribution is -0.131. The van der Waals surface area contributed by atoms with E-state index in [1.165, 1.54) is 23.3 Å². The molecule has 1 fully saturated rings. The standard InChI is InChI=1S/C16H24N4OS.HI/c1-2-17-16(19-13-3-4-13)18-8-5-15(21)20-9-6-14-12(11-20)7-10-22-14;/h7,10,13H,2-6,8-9,11H2,1H3,(H2,17,18,19);1H. The summed E-state index contributed by atoms with van der Waals surface area (Å²) in [5, 5.41) is 8.72. The third-order valence-electron chi connectivity index (χ3n) is 4.02. The summed E-state index contributed by atoms with van der Waals surface area (Å²) in [5.41, 5.74) is 1.32. The van der Waals surface area contributed by atoms with Crippen molar-refractivity contribution in [3.05, 3.63) is 21.9 Å². The molecule has 1 aromatic heterocycles. The largest absolute Gasteiger partial charge is 0.357 e. The average Bonchev–Trinajstić information content (AvgIpc) is 3.20. The summed E-state index contributed by atoms with van der Waals surface area (Å²) in [5.74, 6) is 1.06. The number of aliphatic imine (C=N–C) groups is 1. The number of nitrogens with one attached hydrogen (secondary N) is 2. The number of amides is 1. The highest BCUT2D eigenvalue weighted by Crippen LogP contribution is 2.24. The molecule has 1 aliphatic heterocycles. The van der Waals surface area contributed by atoms with Gasteiger partial charge in [0.25, 0.3) is 0 Å². The zero-order valence-electron chi connectivity index (χ0n) is 13.5. The molecule has 0 saturated heterocycles. The second kappa shape index (κ2) is 8.86. The van der Waals surface area contributed by atoms with E-state index in [1.807, 2.05) is 4.90 Å². The Kier molecular flexibility index (Phi) is 7.13. The van der Waals surface area contributed by atoms with E-state index >= 15 is 0 Å². The van der Waals surface area contributed by atoms with Crippen LogP contribution in [0.3, 0.4) is 0 Å². The Morgan fingerprint density at radius 3 is 3.04 bits per heavy atom. The van der Waals surface area contributed by atoms with E-state index in [-0.39, 0.29) is 29.9 Å². The van der Waals surface area contributed by atoms with Crippen molar-refractivity contribution in [2.24, 2.45) is 4.99 Å². The minimum absolute atomic E-state index is 0. The highest BCUT2D eigenvalue weighted by atomic mass is 127. The Bertz CT molecular complexity index is 556. The summed E-state index contributed by atoms with van der Waals surface area (Å²) in [6, 6.07) is 2.72. The van der Waals surface area contributed by atoms with Crippen molar-refractivity contribution in [2.45, 2.75) is 45.2 Å². The highest BCUT2D eigenvalue weighted by molar-refractivity contribution is 14.0. The van der Waals surface area contributed by atoms with Gasteiger partial charge in [0.2, 0.25) is 5.91 Å². The number of nitrogens with zero attached hydrogens (tertiary/aromatic N) is 2. The topological polar surface area (TPSA) is 56.7 Å². The molecule has 0 unspecified atom stereocenters. The second-order valence-electron chi connectivity index (χ2n) is 5.86. The van der Waals surface area contributed by atoms with Gasteiger partial charge in [-0.3, -0.25) is 9.79 Å². The normalized spacial score (nSPS) is 17.3. The Labute approximate surface area is 158 Å². The molecule has 1 aliphatic carbocycles. The molecule has 128 valence electrons. The zero-order valence-corrected chi connectivity index (χ0v) is 16.7. The summed E-state index contributed by atoms with van der Waals surface area (Å²) in [4.78, 5) is 20.2. The van der Waals surface area contributed by atoms with E-state index in [2.05, 4.69) is 34.0 Å². The first-order chi connectivity index (χ1) is 10.8. The van der Waals surface area contributed by atoms with Gasteiger partial charge < -0.3 is 15.5 Å². The quantitative estimate of drug-likeness (QED) is 0.413. The molecule has 0 radical (unpaired) electrons. The fourth-order valence-electron chi connectivity index (χ4n) is 2.62. The van der Waals surface area contributed by atoms with Crippen LogP contribution in [0, 0.1) is 0 Å². The molecule has 0 spiro atoms. The van der Waals surface area contributed by atoms with Crippen LogP contribution < -0.4 is 10.6 Å². The maximum atomic E-state index is 12.3. The van der Waals surface area contributed by atoms with Crippen molar-refractivity contribution in [1.29, 1.82) is 0 Å². The van der Waals surface area contributed by atoms with Crippen molar-refractivity contribution < 1.29 is 4.79 Å². The monoisotopic (exact) mass is 448 g/mol. The molecule has 7 heteroatoms. The molecule has 1 saturated carbocycles. The van der Waals surface area contributed by atoms with Gasteiger partial charge in [-0.15, -0.1) is 35.3 Å². The van der Waals surface area contributed by atoms with Crippen LogP contribution in [0.1, 0.15) is 36.6 Å². The van der Waals surface area contributed by atoms with Gasteiger partial charge in [0.15, 0.2) is 5.96 Å². The SMILES string of the molecule is CCNC(=NCCC(=O)N1CCc2sccc2C1)NC1CC1.I. The third-order valence-corrected chi connectivity index (χ3v) is 5.04. The minimum Gasteiger partial charge on any atom is -0.357 e. The number of guanidine groups is 1. The number of carbonyl (C=O) groups is 1. The van der Waals surface area contributed by atoms with E-state index in [0.29, 0.717) is 19.0 Å². The first-order valence-corrected chi connectivity index (χ1v) is 9.02. The van der Waals surface area contributed by atoms with E-state index in [9.17, 15) is 4.79 Å². The van der Waals surface area contributed by atoms with Crippen LogP contribution in [0.4, 0.5) is 0 Å². The molecule has 5 nitrogen and oxygen atoms in total. The third kappa shape index (κ3) is 5.34. The van der Waals surface area contributed by atoms with Crippen LogP contribution in [0.15, 0.2) is 16.4 Å². The first-order valence-electron chi connectivity index (χ1n) is 8.14. The molecule has 23 heavy (non-hydrogen) atoms. The lowest BCUT2D eigenvalue weighted by Crippen LogP contribution is -2.39. The number of thiophene rings is 1. The summed E-state index contributed by atoms with van der Waals surface area (Å²) in [6.45, 7) is 5.06. The summed E-state index contributed by atoms with van der Waals surface area (Å²) in [7, 11) is 0. The maximum Gasteiger partial charge on any atom is 0.224 e. The zero-order chi connectivity index (χ0) is 15.4. The van der Waals surface area contributed by atoms with Crippen LogP contribution in [0.25, 0.3) is 0 Å². The number of hydrogen-bond donors (Lipinski definition) is 2. The Morgan fingerprint density at radius 1 is 1.48 bits per heavy atom. The second-order valence-corrected chi connectivity index (χ2v) is 6.86. The van der Waals surface area contributed by atoms with Gasteiger partial charge in [-0.05, 0) is 43.2 Å². The predicted octanol–water partition coefficient (Wildman–Crippen LogP) is 2.36. The van der Waals surface area contributed by atoms with Gasteiger partial charge in [-0.1, -0.05) is 0 Å². The molecule has 1 amide bonds. The molecule has 2 aliphatic rings. The lowest BCUT2D eigenvalue weighted by atomic mass is 10.1. The number of carbonyl (C=O) groups excluding carboxylic acids is 1. The van der Waals surface area contributed by atoms with Crippen LogP contribution in [-0.2, 0) is 17.8 Å². The first kappa shape index (κ1) is 18.5. The van der Waals surface area contributed by atoms with E-state index in [4.69, 9.17) is 0 Å². The van der Waals surface area contributed by atoms with Crippen molar-refractivity contribution >= 4 is 47.2 Å². The molecular formula is C16H25IN4OS. The van der Waals surface area contributed by atoms with Gasteiger partial charge in [-0.25, -0.2) is 0 Å². The van der Waals surface area contributed by atoms with Gasteiger partial charge in [0.1, 0.15) is 0 Å². The van der Waals surface area contributed by atoms with E-state index < -0.39 is 0 Å². The smallest absolute Gasteiger partial charge is 0.224 e. The molecule has 0 atom stereocenters. The Hall–Kier alpha value is -0.830. The number of fused-ring (bicyclic) bond motifs is 1. The predicted molar refractivity (Wildman–Crippen MR) is 106 cm³/mol. The van der Waals surface area contributed by atoms with Crippen LogP contribution >= 0.6 is 35.3 Å². The molecule has 2 N–H and O–H groups in total. The average molecular weight is 448 g/mol. The molecule has 0 aromatic carbocycles. The van der Waals surface area contributed by atoms with Crippen LogP contribution in [0.2, 0.25) is 0 Å². The summed E-state index contributed by atoms with van der Waals surface area (Å²) < 4.78 is 0. The number of hydrogen-bond acceptors (Lipinski definition) is 3. The fourth-order valence-corrected chi connectivity index (χ4v) is 3.51. The number of halogens is 1. The summed E-state index contributed by atoms with van der Waals surface area (Å²) >= 11 is 1.80. The number of rotatable bonds is 5. The molecule has 1 aromatic rings. The van der Waals surface area contributed by atoms with Gasteiger partial charge in [-0.2, -0.15) is 0 Å². The Balaban J connectivity index is 0.00000192. The maximum absolute atomic E-state index is 12.3. The van der Waals surface area contributed by atoms with Gasteiger partial charge in [0, 0.05) is 37.0 Å². The van der Waals surface area contributed by atoms with Crippen LogP contribution in [0.5, 0.6) is 0 Å². The molecular weight excluding hydrogens is 423 g/mol.